The van der Waals surface area contributed by atoms with Gasteiger partial charge < -0.3 is 4.74 Å². The number of halogens is 2. The second kappa shape index (κ2) is 5.51. The van der Waals surface area contributed by atoms with E-state index in [1.807, 2.05) is 6.92 Å². The number of hydrogen-bond acceptors (Lipinski definition) is 3. The van der Waals surface area contributed by atoms with Gasteiger partial charge in [0.25, 0.3) is 9.05 Å². The molecule has 0 saturated carbocycles. The van der Waals surface area contributed by atoms with Crippen molar-refractivity contribution in [2.24, 2.45) is 0 Å². The minimum absolute atomic E-state index is 0.0244. The Balaban J connectivity index is 2.88. The zero-order chi connectivity index (χ0) is 13.1. The molecule has 0 N–H and O–H groups in total. The maximum atomic E-state index is 13.5. The third kappa shape index (κ3) is 4.02. The molecule has 0 bridgehead atoms. The molecular weight excluding hydrogens is 267 g/mol. The second-order valence-corrected chi connectivity index (χ2v) is 5.99. The average molecular weight is 279 g/mol. The highest BCUT2D eigenvalue weighted by molar-refractivity contribution is 8.13. The van der Waals surface area contributed by atoms with Gasteiger partial charge in [0.2, 0.25) is 0 Å². The van der Waals surface area contributed by atoms with Crippen molar-refractivity contribution in [1.82, 2.24) is 0 Å². The summed E-state index contributed by atoms with van der Waals surface area (Å²) in [5, 5.41) is 0. The quantitative estimate of drug-likeness (QED) is 0.614. The fourth-order valence-corrected chi connectivity index (χ4v) is 1.79. The molecule has 0 saturated heterocycles. The van der Waals surface area contributed by atoms with Crippen LogP contribution in [0.15, 0.2) is 35.2 Å². The van der Waals surface area contributed by atoms with Crippen LogP contribution >= 0.6 is 10.7 Å². The van der Waals surface area contributed by atoms with Crippen LogP contribution in [0.1, 0.15) is 13.3 Å². The van der Waals surface area contributed by atoms with E-state index in [4.69, 9.17) is 15.4 Å². The van der Waals surface area contributed by atoms with Gasteiger partial charge in [0.05, 0.1) is 4.90 Å². The summed E-state index contributed by atoms with van der Waals surface area (Å²) in [7, 11) is 1.16. The standard InChI is InChI=1S/C11H12ClFO3S/c1-3-8(2)7-16-11-5-4-9(6-10(11)13)17(12,14)15/h4-6H,2-3,7H2,1H3. The highest BCUT2D eigenvalue weighted by atomic mass is 35.7. The van der Waals surface area contributed by atoms with Crippen LogP contribution in [-0.2, 0) is 9.05 Å². The first kappa shape index (κ1) is 14.0. The van der Waals surface area contributed by atoms with Crippen molar-refractivity contribution >= 4 is 19.7 Å². The van der Waals surface area contributed by atoms with Crippen LogP contribution in [0.2, 0.25) is 0 Å². The van der Waals surface area contributed by atoms with E-state index in [-0.39, 0.29) is 17.3 Å². The third-order valence-corrected chi connectivity index (χ3v) is 3.47. The predicted molar refractivity (Wildman–Crippen MR) is 64.4 cm³/mol. The van der Waals surface area contributed by atoms with E-state index < -0.39 is 14.9 Å². The first-order chi connectivity index (χ1) is 7.84. The monoisotopic (exact) mass is 278 g/mol. The van der Waals surface area contributed by atoms with Crippen molar-refractivity contribution in [2.75, 3.05) is 6.61 Å². The molecule has 1 aromatic rings. The van der Waals surface area contributed by atoms with Gasteiger partial charge in [-0.05, 0) is 30.2 Å². The van der Waals surface area contributed by atoms with Gasteiger partial charge in [-0.3, -0.25) is 0 Å². The molecule has 0 aliphatic carbocycles. The van der Waals surface area contributed by atoms with Gasteiger partial charge in [0.1, 0.15) is 6.61 Å². The summed E-state index contributed by atoms with van der Waals surface area (Å²) in [5.41, 5.74) is 0.818. The lowest BCUT2D eigenvalue weighted by molar-refractivity contribution is 0.329. The Labute approximate surface area is 104 Å². The molecule has 1 aromatic carbocycles. The van der Waals surface area contributed by atoms with Crippen LogP contribution in [0.4, 0.5) is 4.39 Å². The first-order valence-corrected chi connectivity index (χ1v) is 7.19. The number of benzene rings is 1. The minimum atomic E-state index is -3.92. The van der Waals surface area contributed by atoms with Crippen molar-refractivity contribution in [1.29, 1.82) is 0 Å². The lowest BCUT2D eigenvalue weighted by atomic mass is 10.2. The zero-order valence-electron chi connectivity index (χ0n) is 9.24. The van der Waals surface area contributed by atoms with E-state index >= 15 is 0 Å². The molecule has 94 valence electrons. The average Bonchev–Trinajstić information content (AvgIpc) is 2.25. The maximum absolute atomic E-state index is 13.5. The van der Waals surface area contributed by atoms with Gasteiger partial charge >= 0.3 is 0 Å². The Hall–Kier alpha value is -1.07. The summed E-state index contributed by atoms with van der Waals surface area (Å²) in [6, 6.07) is 3.25. The lowest BCUT2D eigenvalue weighted by Crippen LogP contribution is -2.02. The van der Waals surface area contributed by atoms with E-state index in [1.54, 1.807) is 0 Å². The minimum Gasteiger partial charge on any atom is -0.486 e. The SMILES string of the molecule is C=C(CC)COc1ccc(S(=O)(=O)Cl)cc1F. The predicted octanol–water partition coefficient (Wildman–Crippen LogP) is 3.10. The Morgan fingerprint density at radius 1 is 1.53 bits per heavy atom. The summed E-state index contributed by atoms with van der Waals surface area (Å²) in [5.74, 6) is -0.792. The fourth-order valence-electron chi connectivity index (χ4n) is 1.03. The Morgan fingerprint density at radius 3 is 2.65 bits per heavy atom. The van der Waals surface area contributed by atoms with Gasteiger partial charge in [-0.25, -0.2) is 12.8 Å². The maximum Gasteiger partial charge on any atom is 0.261 e. The molecule has 0 radical (unpaired) electrons. The normalized spacial score (nSPS) is 11.2. The van der Waals surface area contributed by atoms with E-state index in [0.717, 1.165) is 18.1 Å². The topological polar surface area (TPSA) is 43.4 Å². The van der Waals surface area contributed by atoms with Crippen LogP contribution in [0.25, 0.3) is 0 Å². The molecular formula is C11H12ClFO3S. The number of ether oxygens (including phenoxy) is 1. The zero-order valence-corrected chi connectivity index (χ0v) is 10.8. The summed E-state index contributed by atoms with van der Waals surface area (Å²) in [4.78, 5) is -0.293. The van der Waals surface area contributed by atoms with Gasteiger partial charge in [-0.15, -0.1) is 0 Å². The van der Waals surface area contributed by atoms with Crippen LogP contribution in [0.3, 0.4) is 0 Å². The van der Waals surface area contributed by atoms with E-state index in [1.165, 1.54) is 12.1 Å². The van der Waals surface area contributed by atoms with Crippen molar-refractivity contribution in [3.63, 3.8) is 0 Å². The highest BCUT2D eigenvalue weighted by Crippen LogP contribution is 2.23. The van der Waals surface area contributed by atoms with Crippen molar-refractivity contribution in [3.05, 3.63) is 36.2 Å². The molecule has 0 fully saturated rings. The van der Waals surface area contributed by atoms with Crippen LogP contribution < -0.4 is 4.74 Å². The molecule has 3 nitrogen and oxygen atoms in total. The van der Waals surface area contributed by atoms with E-state index in [0.29, 0.717) is 0 Å². The van der Waals surface area contributed by atoms with Crippen LogP contribution in [0, 0.1) is 5.82 Å². The molecule has 0 spiro atoms. The second-order valence-electron chi connectivity index (χ2n) is 3.42. The summed E-state index contributed by atoms with van der Waals surface area (Å²) in [6.45, 7) is 5.81. The molecule has 0 atom stereocenters. The molecule has 0 aliphatic heterocycles. The first-order valence-electron chi connectivity index (χ1n) is 4.88. The van der Waals surface area contributed by atoms with Crippen molar-refractivity contribution in [2.45, 2.75) is 18.2 Å². The fraction of sp³-hybridized carbons (Fsp3) is 0.273. The van der Waals surface area contributed by atoms with Crippen LogP contribution in [0.5, 0.6) is 5.75 Å². The van der Waals surface area contributed by atoms with Gasteiger partial charge in [-0.2, -0.15) is 0 Å². The lowest BCUT2D eigenvalue weighted by Gasteiger charge is -2.08. The van der Waals surface area contributed by atoms with Crippen LogP contribution in [-0.4, -0.2) is 15.0 Å². The Bertz CT molecular complexity index is 526. The van der Waals surface area contributed by atoms with E-state index in [9.17, 15) is 12.8 Å². The van der Waals surface area contributed by atoms with Crippen molar-refractivity contribution in [3.8, 4) is 5.75 Å². The molecule has 0 aliphatic rings. The molecule has 6 heteroatoms. The molecule has 1 rings (SSSR count). The molecule has 0 amide bonds. The van der Waals surface area contributed by atoms with Gasteiger partial charge in [-0.1, -0.05) is 13.5 Å². The van der Waals surface area contributed by atoms with E-state index in [2.05, 4.69) is 6.58 Å². The third-order valence-electron chi connectivity index (χ3n) is 2.12. The largest absolute Gasteiger partial charge is 0.486 e. The highest BCUT2D eigenvalue weighted by Gasteiger charge is 2.13. The number of rotatable bonds is 5. The molecule has 17 heavy (non-hydrogen) atoms. The molecule has 0 heterocycles. The summed E-state index contributed by atoms with van der Waals surface area (Å²) >= 11 is 0. The summed E-state index contributed by atoms with van der Waals surface area (Å²) < 4.78 is 40.5. The Kier molecular flexibility index (Phi) is 4.54. The molecule has 0 aromatic heterocycles. The molecule has 0 unspecified atom stereocenters. The Morgan fingerprint density at radius 2 is 2.18 bits per heavy atom. The smallest absolute Gasteiger partial charge is 0.261 e. The van der Waals surface area contributed by atoms with Gasteiger partial charge in [0, 0.05) is 10.7 Å². The summed E-state index contributed by atoms with van der Waals surface area (Å²) in [6.07, 6.45) is 0.732. The van der Waals surface area contributed by atoms with Crippen molar-refractivity contribution < 1.29 is 17.5 Å². The van der Waals surface area contributed by atoms with Gasteiger partial charge in [0.15, 0.2) is 11.6 Å². The number of hydrogen-bond donors (Lipinski definition) is 0.